The SMILES string of the molecule is CCNC(=NCCCN1CCC(C)CC1)N1CCC(c2cnn(C)c2)C1. The van der Waals surface area contributed by atoms with Crippen molar-refractivity contribution < 1.29 is 0 Å². The first-order valence-corrected chi connectivity index (χ1v) is 10.4. The normalized spacial score (nSPS) is 23.0. The van der Waals surface area contributed by atoms with Crippen LogP contribution in [-0.4, -0.2) is 71.4 Å². The zero-order valence-electron chi connectivity index (χ0n) is 16.8. The summed E-state index contributed by atoms with van der Waals surface area (Å²) in [6.45, 7) is 12.2. The highest BCUT2D eigenvalue weighted by Crippen LogP contribution is 2.26. The van der Waals surface area contributed by atoms with Crippen molar-refractivity contribution in [1.82, 2.24) is 24.9 Å². The van der Waals surface area contributed by atoms with Gasteiger partial charge in [-0.05, 0) is 63.7 Å². The highest BCUT2D eigenvalue weighted by atomic mass is 15.3. The van der Waals surface area contributed by atoms with E-state index in [-0.39, 0.29) is 0 Å². The van der Waals surface area contributed by atoms with Gasteiger partial charge >= 0.3 is 0 Å². The lowest BCUT2D eigenvalue weighted by Gasteiger charge is -2.30. The van der Waals surface area contributed by atoms with Crippen LogP contribution in [-0.2, 0) is 7.05 Å². The Morgan fingerprint density at radius 3 is 2.77 bits per heavy atom. The van der Waals surface area contributed by atoms with E-state index in [0.29, 0.717) is 5.92 Å². The van der Waals surface area contributed by atoms with Crippen molar-refractivity contribution in [3.8, 4) is 0 Å². The molecule has 2 aliphatic heterocycles. The summed E-state index contributed by atoms with van der Waals surface area (Å²) in [6.07, 6.45) is 9.21. The third-order valence-electron chi connectivity index (χ3n) is 5.79. The van der Waals surface area contributed by atoms with Gasteiger partial charge in [-0.15, -0.1) is 0 Å². The molecular weight excluding hydrogens is 324 g/mol. The highest BCUT2D eigenvalue weighted by molar-refractivity contribution is 5.80. The summed E-state index contributed by atoms with van der Waals surface area (Å²) in [5, 5.41) is 7.81. The van der Waals surface area contributed by atoms with Crippen molar-refractivity contribution >= 4 is 5.96 Å². The second kappa shape index (κ2) is 9.40. The topological polar surface area (TPSA) is 48.7 Å². The van der Waals surface area contributed by atoms with Crippen LogP contribution in [0.5, 0.6) is 0 Å². The first-order chi connectivity index (χ1) is 12.7. The minimum Gasteiger partial charge on any atom is -0.357 e. The number of aromatic nitrogens is 2. The quantitative estimate of drug-likeness (QED) is 0.480. The van der Waals surface area contributed by atoms with Gasteiger partial charge in [-0.25, -0.2) is 0 Å². The van der Waals surface area contributed by atoms with Crippen LogP contribution in [0.25, 0.3) is 0 Å². The standard InChI is InChI=1S/C20H36N6/c1-4-21-20(22-9-5-10-25-11-6-17(2)7-12-25)26-13-8-18(16-26)19-14-23-24(3)15-19/h14-15,17-18H,4-13,16H2,1-3H3,(H,21,22). The number of likely N-dealkylation sites (tertiary alicyclic amines) is 2. The molecule has 0 aliphatic carbocycles. The molecule has 6 heteroatoms. The van der Waals surface area contributed by atoms with Gasteiger partial charge in [0.15, 0.2) is 5.96 Å². The Morgan fingerprint density at radius 1 is 1.27 bits per heavy atom. The van der Waals surface area contributed by atoms with E-state index in [0.717, 1.165) is 44.5 Å². The van der Waals surface area contributed by atoms with Gasteiger partial charge in [-0.3, -0.25) is 9.67 Å². The van der Waals surface area contributed by atoms with E-state index in [9.17, 15) is 0 Å². The fourth-order valence-electron chi connectivity index (χ4n) is 4.07. The molecule has 2 saturated heterocycles. The number of piperidine rings is 1. The Kier molecular flexibility index (Phi) is 6.94. The van der Waals surface area contributed by atoms with Gasteiger partial charge in [0.2, 0.25) is 0 Å². The van der Waals surface area contributed by atoms with E-state index in [2.05, 4.69) is 40.3 Å². The summed E-state index contributed by atoms with van der Waals surface area (Å²) >= 11 is 0. The number of hydrogen-bond acceptors (Lipinski definition) is 3. The summed E-state index contributed by atoms with van der Waals surface area (Å²) in [6, 6.07) is 0. The Morgan fingerprint density at radius 2 is 2.08 bits per heavy atom. The third kappa shape index (κ3) is 5.22. The fourth-order valence-corrected chi connectivity index (χ4v) is 4.07. The van der Waals surface area contributed by atoms with Gasteiger partial charge in [0.25, 0.3) is 0 Å². The molecule has 2 aliphatic rings. The van der Waals surface area contributed by atoms with Crippen molar-refractivity contribution in [1.29, 1.82) is 0 Å². The molecule has 2 fully saturated rings. The average Bonchev–Trinajstić information content (AvgIpc) is 3.28. The molecular formula is C20H36N6. The summed E-state index contributed by atoms with van der Waals surface area (Å²) < 4.78 is 1.90. The van der Waals surface area contributed by atoms with E-state index in [1.165, 1.54) is 44.5 Å². The molecule has 6 nitrogen and oxygen atoms in total. The fraction of sp³-hybridized carbons (Fsp3) is 0.800. The maximum Gasteiger partial charge on any atom is 0.193 e. The molecule has 146 valence electrons. The van der Waals surface area contributed by atoms with Gasteiger partial charge in [0, 0.05) is 45.3 Å². The minimum atomic E-state index is 0.572. The Hall–Kier alpha value is -1.56. The second-order valence-corrected chi connectivity index (χ2v) is 7.99. The minimum absolute atomic E-state index is 0.572. The molecule has 0 saturated carbocycles. The van der Waals surface area contributed by atoms with Crippen molar-refractivity contribution in [2.75, 3.05) is 45.8 Å². The predicted molar refractivity (Wildman–Crippen MR) is 108 cm³/mol. The summed E-state index contributed by atoms with van der Waals surface area (Å²) in [4.78, 5) is 9.94. The molecule has 1 atom stereocenters. The van der Waals surface area contributed by atoms with Gasteiger partial charge in [0.1, 0.15) is 0 Å². The summed E-state index contributed by atoms with van der Waals surface area (Å²) in [5.41, 5.74) is 1.35. The first-order valence-electron chi connectivity index (χ1n) is 10.4. The number of rotatable bonds is 6. The number of aliphatic imine (C=N–C) groups is 1. The van der Waals surface area contributed by atoms with Gasteiger partial charge in [-0.1, -0.05) is 6.92 Å². The average molecular weight is 361 g/mol. The van der Waals surface area contributed by atoms with Crippen molar-refractivity contribution in [2.45, 2.75) is 45.4 Å². The van der Waals surface area contributed by atoms with E-state index in [1.807, 2.05) is 17.9 Å². The van der Waals surface area contributed by atoms with Gasteiger partial charge in [-0.2, -0.15) is 5.10 Å². The van der Waals surface area contributed by atoms with Crippen LogP contribution in [0.2, 0.25) is 0 Å². The Balaban J connectivity index is 1.46. The molecule has 0 amide bonds. The number of hydrogen-bond donors (Lipinski definition) is 1. The largest absolute Gasteiger partial charge is 0.357 e. The predicted octanol–water partition coefficient (Wildman–Crippen LogP) is 2.30. The molecule has 1 unspecified atom stereocenters. The highest BCUT2D eigenvalue weighted by Gasteiger charge is 2.26. The molecule has 26 heavy (non-hydrogen) atoms. The van der Waals surface area contributed by atoms with E-state index in [4.69, 9.17) is 4.99 Å². The van der Waals surface area contributed by atoms with Crippen LogP contribution in [0.1, 0.15) is 51.0 Å². The molecule has 0 spiro atoms. The van der Waals surface area contributed by atoms with Crippen LogP contribution in [0.15, 0.2) is 17.4 Å². The summed E-state index contributed by atoms with van der Waals surface area (Å²) in [5.74, 6) is 2.57. The van der Waals surface area contributed by atoms with Crippen molar-refractivity contribution in [2.24, 2.45) is 18.0 Å². The first kappa shape index (κ1) is 19.2. The lowest BCUT2D eigenvalue weighted by atomic mass is 9.99. The zero-order chi connectivity index (χ0) is 18.4. The van der Waals surface area contributed by atoms with Crippen molar-refractivity contribution in [3.63, 3.8) is 0 Å². The van der Waals surface area contributed by atoms with Crippen LogP contribution >= 0.6 is 0 Å². The molecule has 0 bridgehead atoms. The number of guanidine groups is 1. The molecule has 3 heterocycles. The molecule has 0 radical (unpaired) electrons. The van der Waals surface area contributed by atoms with Gasteiger partial charge in [0.05, 0.1) is 6.20 Å². The van der Waals surface area contributed by atoms with Crippen LogP contribution in [0, 0.1) is 5.92 Å². The maximum absolute atomic E-state index is 4.91. The third-order valence-corrected chi connectivity index (χ3v) is 5.79. The summed E-state index contributed by atoms with van der Waals surface area (Å²) in [7, 11) is 1.99. The monoisotopic (exact) mass is 360 g/mol. The van der Waals surface area contributed by atoms with Crippen LogP contribution < -0.4 is 5.32 Å². The molecule has 1 aromatic heterocycles. The van der Waals surface area contributed by atoms with Crippen LogP contribution in [0.3, 0.4) is 0 Å². The lowest BCUT2D eigenvalue weighted by molar-refractivity contribution is 0.191. The van der Waals surface area contributed by atoms with Gasteiger partial charge < -0.3 is 15.1 Å². The van der Waals surface area contributed by atoms with Crippen molar-refractivity contribution in [3.05, 3.63) is 18.0 Å². The molecule has 1 N–H and O–H groups in total. The van der Waals surface area contributed by atoms with E-state index >= 15 is 0 Å². The van der Waals surface area contributed by atoms with Crippen LogP contribution in [0.4, 0.5) is 0 Å². The number of nitrogens with zero attached hydrogens (tertiary/aromatic N) is 5. The Labute approximate surface area is 158 Å². The smallest absolute Gasteiger partial charge is 0.193 e. The molecule has 1 aromatic rings. The number of nitrogens with one attached hydrogen (secondary N) is 1. The van der Waals surface area contributed by atoms with E-state index < -0.39 is 0 Å². The second-order valence-electron chi connectivity index (χ2n) is 7.99. The Bertz CT molecular complexity index is 573. The molecule has 0 aromatic carbocycles. The molecule has 3 rings (SSSR count). The maximum atomic E-state index is 4.91. The zero-order valence-corrected chi connectivity index (χ0v) is 16.8. The van der Waals surface area contributed by atoms with E-state index in [1.54, 1.807) is 0 Å². The lowest BCUT2D eigenvalue weighted by Crippen LogP contribution is -2.40. The number of aryl methyl sites for hydroxylation is 1.